The molecule has 0 atom stereocenters. The Morgan fingerprint density at radius 2 is 1.96 bits per heavy atom. The van der Waals surface area contributed by atoms with E-state index in [-0.39, 0.29) is 0 Å². The molecule has 2 N–H and O–H groups in total. The largest absolute Gasteiger partial charge is 0.473 e. The Morgan fingerprint density at radius 1 is 1.17 bits per heavy atom. The minimum absolute atomic E-state index is 0.323. The number of rotatable bonds is 6. The summed E-state index contributed by atoms with van der Waals surface area (Å²) in [5.41, 5.74) is 2.12. The Morgan fingerprint density at radius 3 is 2.65 bits per heavy atom. The summed E-state index contributed by atoms with van der Waals surface area (Å²) in [6.07, 6.45) is 1.74. The van der Waals surface area contributed by atoms with Crippen LogP contribution in [0.5, 0.6) is 5.88 Å². The average Bonchev–Trinajstić information content (AvgIpc) is 2.58. The van der Waals surface area contributed by atoms with Gasteiger partial charge in [-0.25, -0.2) is 4.98 Å². The fourth-order valence-corrected chi connectivity index (χ4v) is 2.06. The highest BCUT2D eigenvalue weighted by molar-refractivity contribution is 5.79. The first-order chi connectivity index (χ1) is 11.2. The number of nitrogens with one attached hydrogen (secondary N) is 2. The lowest BCUT2D eigenvalue weighted by Crippen LogP contribution is -2.40. The summed E-state index contributed by atoms with van der Waals surface area (Å²) in [5.74, 6) is 1.40. The molecular formula is C18H24N4O. The maximum atomic E-state index is 5.86. The van der Waals surface area contributed by atoms with E-state index in [1.807, 2.05) is 42.5 Å². The van der Waals surface area contributed by atoms with Crippen molar-refractivity contribution in [3.8, 4) is 5.88 Å². The van der Waals surface area contributed by atoms with Crippen molar-refractivity contribution in [1.29, 1.82) is 0 Å². The maximum absolute atomic E-state index is 5.86. The van der Waals surface area contributed by atoms with Crippen molar-refractivity contribution in [3.63, 3.8) is 0 Å². The predicted octanol–water partition coefficient (Wildman–Crippen LogP) is 2.73. The smallest absolute Gasteiger partial charge is 0.218 e. The van der Waals surface area contributed by atoms with Crippen LogP contribution in [0, 0.1) is 0 Å². The van der Waals surface area contributed by atoms with Crippen molar-refractivity contribution >= 4 is 5.96 Å². The summed E-state index contributed by atoms with van der Waals surface area (Å²) >= 11 is 0. The summed E-state index contributed by atoms with van der Waals surface area (Å²) in [5, 5.41) is 6.53. The topological polar surface area (TPSA) is 58.5 Å². The third kappa shape index (κ3) is 5.62. The van der Waals surface area contributed by atoms with Gasteiger partial charge in [0.15, 0.2) is 5.96 Å². The van der Waals surface area contributed by atoms with Crippen LogP contribution in [0.4, 0.5) is 0 Å². The first-order valence-corrected chi connectivity index (χ1v) is 7.77. The van der Waals surface area contributed by atoms with Gasteiger partial charge in [-0.3, -0.25) is 4.99 Å². The number of guanidine groups is 1. The molecule has 0 fully saturated rings. The van der Waals surface area contributed by atoms with Gasteiger partial charge in [0.25, 0.3) is 0 Å². The Bertz CT molecular complexity index is 626. The molecule has 5 heteroatoms. The molecule has 2 aromatic rings. The van der Waals surface area contributed by atoms with Gasteiger partial charge in [-0.1, -0.05) is 36.4 Å². The van der Waals surface area contributed by atoms with Crippen LogP contribution in [-0.4, -0.2) is 24.0 Å². The van der Waals surface area contributed by atoms with Crippen molar-refractivity contribution in [2.24, 2.45) is 4.99 Å². The second-order valence-electron chi connectivity index (χ2n) is 5.47. The molecule has 23 heavy (non-hydrogen) atoms. The fraction of sp³-hybridized carbons (Fsp3) is 0.333. The van der Waals surface area contributed by atoms with E-state index in [9.17, 15) is 0 Å². The Balaban J connectivity index is 1.97. The molecule has 122 valence electrons. The van der Waals surface area contributed by atoms with Crippen LogP contribution in [-0.2, 0) is 13.2 Å². The number of pyridine rings is 1. The Kier molecular flexibility index (Phi) is 6.41. The molecule has 0 aliphatic carbocycles. The van der Waals surface area contributed by atoms with Gasteiger partial charge in [-0.2, -0.15) is 0 Å². The van der Waals surface area contributed by atoms with E-state index in [1.54, 1.807) is 13.2 Å². The molecule has 0 saturated carbocycles. The van der Waals surface area contributed by atoms with E-state index in [4.69, 9.17) is 4.74 Å². The quantitative estimate of drug-likeness (QED) is 0.636. The summed E-state index contributed by atoms with van der Waals surface area (Å²) in [6.45, 7) is 5.25. The SMILES string of the molecule is CN=C(NCc1cccnc1OCc1ccccc1)NC(C)C. The van der Waals surface area contributed by atoms with Crippen LogP contribution >= 0.6 is 0 Å². The molecule has 0 amide bonds. The number of hydrogen-bond acceptors (Lipinski definition) is 3. The van der Waals surface area contributed by atoms with E-state index >= 15 is 0 Å². The maximum Gasteiger partial charge on any atom is 0.218 e. The Labute approximate surface area is 137 Å². The predicted molar refractivity (Wildman–Crippen MR) is 93.5 cm³/mol. The highest BCUT2D eigenvalue weighted by atomic mass is 16.5. The van der Waals surface area contributed by atoms with Gasteiger partial charge in [0.05, 0.1) is 0 Å². The number of ether oxygens (including phenoxy) is 1. The lowest BCUT2D eigenvalue weighted by atomic mass is 10.2. The van der Waals surface area contributed by atoms with Crippen molar-refractivity contribution in [2.75, 3.05) is 7.05 Å². The lowest BCUT2D eigenvalue weighted by Gasteiger charge is -2.15. The van der Waals surface area contributed by atoms with Gasteiger partial charge in [-0.15, -0.1) is 0 Å². The molecule has 1 heterocycles. The van der Waals surface area contributed by atoms with Gasteiger partial charge in [-0.05, 0) is 25.5 Å². The Hall–Kier alpha value is -2.56. The second kappa shape index (κ2) is 8.78. The van der Waals surface area contributed by atoms with Crippen molar-refractivity contribution in [3.05, 3.63) is 59.8 Å². The van der Waals surface area contributed by atoms with E-state index in [2.05, 4.69) is 34.5 Å². The second-order valence-corrected chi connectivity index (χ2v) is 5.47. The monoisotopic (exact) mass is 312 g/mol. The van der Waals surface area contributed by atoms with Crippen LogP contribution in [0.25, 0.3) is 0 Å². The van der Waals surface area contributed by atoms with E-state index in [0.29, 0.717) is 25.1 Å². The third-order valence-electron chi connectivity index (χ3n) is 3.16. The van der Waals surface area contributed by atoms with Crippen LogP contribution in [0.15, 0.2) is 53.7 Å². The molecule has 0 radical (unpaired) electrons. The molecule has 0 unspecified atom stereocenters. The van der Waals surface area contributed by atoms with Crippen LogP contribution < -0.4 is 15.4 Å². The summed E-state index contributed by atoms with van der Waals surface area (Å²) in [7, 11) is 1.76. The number of aliphatic imine (C=N–C) groups is 1. The number of nitrogens with zero attached hydrogens (tertiary/aromatic N) is 2. The van der Waals surface area contributed by atoms with Gasteiger partial charge < -0.3 is 15.4 Å². The van der Waals surface area contributed by atoms with Gasteiger partial charge in [0.1, 0.15) is 6.61 Å². The third-order valence-corrected chi connectivity index (χ3v) is 3.16. The van der Waals surface area contributed by atoms with Gasteiger partial charge in [0.2, 0.25) is 5.88 Å². The highest BCUT2D eigenvalue weighted by Crippen LogP contribution is 2.15. The molecule has 0 aliphatic heterocycles. The van der Waals surface area contributed by atoms with Crippen molar-refractivity contribution in [1.82, 2.24) is 15.6 Å². The molecule has 0 spiro atoms. The molecule has 0 aliphatic rings. The number of aromatic nitrogens is 1. The summed E-state index contributed by atoms with van der Waals surface area (Å²) in [6, 6.07) is 14.3. The number of hydrogen-bond donors (Lipinski definition) is 2. The molecule has 5 nitrogen and oxygen atoms in total. The van der Waals surface area contributed by atoms with E-state index < -0.39 is 0 Å². The molecule has 0 saturated heterocycles. The molecule has 1 aromatic heterocycles. The average molecular weight is 312 g/mol. The first-order valence-electron chi connectivity index (χ1n) is 7.77. The van der Waals surface area contributed by atoms with Crippen molar-refractivity contribution < 1.29 is 4.74 Å². The summed E-state index contributed by atoms with van der Waals surface area (Å²) in [4.78, 5) is 8.54. The fourth-order valence-electron chi connectivity index (χ4n) is 2.06. The van der Waals surface area contributed by atoms with Gasteiger partial charge >= 0.3 is 0 Å². The first kappa shape index (κ1) is 16.8. The number of benzene rings is 1. The summed E-state index contributed by atoms with van der Waals surface area (Å²) < 4.78 is 5.86. The van der Waals surface area contributed by atoms with Crippen molar-refractivity contribution in [2.45, 2.75) is 33.0 Å². The minimum atomic E-state index is 0.323. The zero-order chi connectivity index (χ0) is 16.5. The van der Waals surface area contributed by atoms with E-state index in [1.165, 1.54) is 0 Å². The standard InChI is InChI=1S/C18H24N4O/c1-14(2)22-18(19-3)21-12-16-10-7-11-20-17(16)23-13-15-8-5-4-6-9-15/h4-11,14H,12-13H2,1-3H3,(H2,19,21,22). The van der Waals surface area contributed by atoms with Crippen LogP contribution in [0.3, 0.4) is 0 Å². The minimum Gasteiger partial charge on any atom is -0.473 e. The molecule has 0 bridgehead atoms. The molecular weight excluding hydrogens is 288 g/mol. The lowest BCUT2D eigenvalue weighted by molar-refractivity contribution is 0.290. The van der Waals surface area contributed by atoms with Gasteiger partial charge in [0, 0.05) is 31.4 Å². The van der Waals surface area contributed by atoms with E-state index in [0.717, 1.165) is 17.1 Å². The van der Waals surface area contributed by atoms with Crippen LogP contribution in [0.1, 0.15) is 25.0 Å². The highest BCUT2D eigenvalue weighted by Gasteiger charge is 2.07. The molecule has 2 rings (SSSR count). The van der Waals surface area contributed by atoms with Crippen LogP contribution in [0.2, 0.25) is 0 Å². The normalized spacial score (nSPS) is 11.4. The zero-order valence-corrected chi connectivity index (χ0v) is 13.9. The molecule has 1 aromatic carbocycles. The zero-order valence-electron chi connectivity index (χ0n) is 13.9.